The Morgan fingerprint density at radius 1 is 0.978 bits per heavy atom. The maximum absolute atomic E-state index is 14.9. The van der Waals surface area contributed by atoms with Crippen molar-refractivity contribution in [1.29, 1.82) is 0 Å². The number of anilines is 1. The van der Waals surface area contributed by atoms with Crippen LogP contribution in [0.3, 0.4) is 0 Å². The molecule has 0 radical (unpaired) electrons. The van der Waals surface area contributed by atoms with Crippen LogP contribution < -0.4 is 11.1 Å². The van der Waals surface area contributed by atoms with Crippen molar-refractivity contribution < 1.29 is 27.2 Å². The van der Waals surface area contributed by atoms with Crippen LogP contribution in [-0.2, 0) is 11.3 Å². The van der Waals surface area contributed by atoms with Gasteiger partial charge < -0.3 is 20.4 Å². The van der Waals surface area contributed by atoms with Gasteiger partial charge in [-0.3, -0.25) is 14.6 Å². The highest BCUT2D eigenvalue weighted by atomic mass is 19.3. The van der Waals surface area contributed by atoms with Gasteiger partial charge >= 0.3 is 0 Å². The number of rotatable bonds is 7. The molecule has 1 aliphatic rings. The highest BCUT2D eigenvalue weighted by Crippen LogP contribution is 2.37. The summed E-state index contributed by atoms with van der Waals surface area (Å²) in [5.41, 5.74) is 9.41. The summed E-state index contributed by atoms with van der Waals surface area (Å²) in [6.45, 7) is 0.0974. The Hall–Kier alpha value is -5.45. The number of nitrogens with zero attached hydrogens (tertiary/aromatic N) is 3. The number of nitrogens with two attached hydrogens (primary N) is 1. The molecular formula is C34H28F3N5O3. The van der Waals surface area contributed by atoms with E-state index < -0.39 is 11.7 Å². The zero-order valence-electron chi connectivity index (χ0n) is 24.0. The van der Waals surface area contributed by atoms with E-state index >= 15 is 0 Å². The summed E-state index contributed by atoms with van der Waals surface area (Å²) >= 11 is 0. The molecule has 8 nitrogen and oxygen atoms in total. The maximum Gasteiger partial charge on any atom is 0.253 e. The summed E-state index contributed by atoms with van der Waals surface area (Å²) < 4.78 is 48.2. The van der Waals surface area contributed by atoms with E-state index in [0.29, 0.717) is 39.2 Å². The minimum Gasteiger partial charge on any atom is -0.459 e. The Morgan fingerprint density at radius 2 is 1.76 bits per heavy atom. The van der Waals surface area contributed by atoms with Crippen LogP contribution in [-0.4, -0.2) is 45.7 Å². The van der Waals surface area contributed by atoms with Crippen LogP contribution in [0, 0.1) is 5.82 Å². The number of benzene rings is 2. The van der Waals surface area contributed by atoms with Gasteiger partial charge in [-0.1, -0.05) is 12.1 Å². The van der Waals surface area contributed by atoms with Gasteiger partial charge in [0.15, 0.2) is 0 Å². The molecule has 6 rings (SSSR count). The molecule has 3 aromatic heterocycles. The van der Waals surface area contributed by atoms with Crippen LogP contribution in [0.1, 0.15) is 34.5 Å². The molecule has 1 fully saturated rings. The molecule has 3 N–H and O–H groups in total. The van der Waals surface area contributed by atoms with E-state index in [4.69, 9.17) is 10.2 Å². The van der Waals surface area contributed by atoms with Crippen molar-refractivity contribution in [2.75, 3.05) is 18.8 Å². The number of piperidine rings is 1. The number of hydrogen-bond donors (Lipinski definition) is 2. The second-order valence-electron chi connectivity index (χ2n) is 10.8. The fourth-order valence-corrected chi connectivity index (χ4v) is 5.20. The molecule has 4 heterocycles. The van der Waals surface area contributed by atoms with Gasteiger partial charge in [0.2, 0.25) is 5.91 Å². The first-order valence-electron chi connectivity index (χ1n) is 14.3. The van der Waals surface area contributed by atoms with Crippen LogP contribution in [0.5, 0.6) is 0 Å². The molecule has 2 amide bonds. The van der Waals surface area contributed by atoms with Crippen molar-refractivity contribution in [3.63, 3.8) is 0 Å². The number of carbonyl (C=O) groups excluding carboxylic acids is 2. The molecule has 1 aliphatic heterocycles. The maximum atomic E-state index is 14.9. The van der Waals surface area contributed by atoms with Crippen molar-refractivity contribution in [2.45, 2.75) is 25.3 Å². The van der Waals surface area contributed by atoms with Gasteiger partial charge in [-0.05, 0) is 71.3 Å². The number of halogens is 3. The standard InChI is InChI=1S/C34H28F3N5O3/c35-29-20-39-12-9-27(29)28-17-24(22-3-5-23(6-4-22)33(44)42-13-10-34(36,37)11-14-42)15-25-16-26(45-32(25)28)19-41-31(43)8-2-21-1-7-30(38)40-18-21/h1-9,12,15-18,20H,10-11,13-14,19H2,(H2,38,40)(H,41,43)/b8-2+. The molecule has 45 heavy (non-hydrogen) atoms. The Labute approximate surface area is 256 Å². The number of hydrogen-bond acceptors (Lipinski definition) is 6. The second-order valence-corrected chi connectivity index (χ2v) is 10.8. The Morgan fingerprint density at radius 3 is 2.47 bits per heavy atom. The highest BCUT2D eigenvalue weighted by Gasteiger charge is 2.35. The number of nitrogen functional groups attached to an aromatic ring is 1. The molecule has 0 unspecified atom stereocenters. The first-order valence-corrected chi connectivity index (χ1v) is 14.3. The summed E-state index contributed by atoms with van der Waals surface area (Å²) in [6.07, 6.45) is 6.46. The number of pyridine rings is 2. The summed E-state index contributed by atoms with van der Waals surface area (Å²) in [6, 6.07) is 17.2. The van der Waals surface area contributed by atoms with E-state index in [-0.39, 0.29) is 49.9 Å². The number of aromatic nitrogens is 2. The quantitative estimate of drug-likeness (QED) is 0.204. The molecule has 0 spiro atoms. The summed E-state index contributed by atoms with van der Waals surface area (Å²) in [5.74, 6) is -3.07. The van der Waals surface area contributed by atoms with Crippen LogP contribution >= 0.6 is 0 Å². The lowest BCUT2D eigenvalue weighted by molar-refractivity contribution is -0.116. The van der Waals surface area contributed by atoms with Crippen LogP contribution in [0.4, 0.5) is 19.0 Å². The lowest BCUT2D eigenvalue weighted by Gasteiger charge is -2.31. The number of nitrogens with one attached hydrogen (secondary N) is 1. The molecule has 11 heteroatoms. The average molecular weight is 612 g/mol. The molecule has 5 aromatic rings. The van der Waals surface area contributed by atoms with Crippen LogP contribution in [0.15, 0.2) is 89.7 Å². The third kappa shape index (κ3) is 6.72. The molecule has 1 saturated heterocycles. The third-order valence-corrected chi connectivity index (χ3v) is 7.65. The fourth-order valence-electron chi connectivity index (χ4n) is 5.20. The van der Waals surface area contributed by atoms with E-state index in [0.717, 1.165) is 17.3 Å². The van der Waals surface area contributed by atoms with E-state index in [1.165, 1.54) is 17.2 Å². The molecule has 0 bridgehead atoms. The van der Waals surface area contributed by atoms with Gasteiger partial charge in [-0.15, -0.1) is 0 Å². The normalized spacial score (nSPS) is 14.6. The van der Waals surface area contributed by atoms with E-state index in [9.17, 15) is 22.8 Å². The SMILES string of the molecule is Nc1ccc(/C=C/C(=O)NCc2cc3cc(-c4ccc(C(=O)N5CCC(F)(F)CC5)cc4)cc(-c4ccncc4F)c3o2)cn1. The number of amides is 2. The monoisotopic (exact) mass is 611 g/mol. The highest BCUT2D eigenvalue weighted by molar-refractivity contribution is 5.98. The Bertz CT molecular complexity index is 1890. The smallest absolute Gasteiger partial charge is 0.253 e. The van der Waals surface area contributed by atoms with E-state index in [1.54, 1.807) is 66.9 Å². The second kappa shape index (κ2) is 12.3. The van der Waals surface area contributed by atoms with Gasteiger partial charge in [-0.25, -0.2) is 18.2 Å². The molecule has 228 valence electrons. The van der Waals surface area contributed by atoms with E-state index in [1.807, 2.05) is 6.07 Å². The third-order valence-electron chi connectivity index (χ3n) is 7.65. The zero-order valence-corrected chi connectivity index (χ0v) is 24.0. The van der Waals surface area contributed by atoms with Crippen molar-refractivity contribution in [3.05, 3.63) is 108 Å². The average Bonchev–Trinajstić information content (AvgIpc) is 3.46. The lowest BCUT2D eigenvalue weighted by Crippen LogP contribution is -2.42. The van der Waals surface area contributed by atoms with Crippen molar-refractivity contribution in [1.82, 2.24) is 20.2 Å². The fraction of sp³-hybridized carbons (Fsp3) is 0.176. The predicted molar refractivity (Wildman–Crippen MR) is 164 cm³/mol. The first-order chi connectivity index (χ1) is 21.6. The van der Waals surface area contributed by atoms with Crippen molar-refractivity contribution >= 4 is 34.7 Å². The molecule has 0 atom stereocenters. The summed E-state index contributed by atoms with van der Waals surface area (Å²) in [4.78, 5) is 34.7. The summed E-state index contributed by atoms with van der Waals surface area (Å²) in [5, 5.41) is 3.46. The number of carbonyl (C=O) groups is 2. The van der Waals surface area contributed by atoms with Gasteiger partial charge in [-0.2, -0.15) is 0 Å². The largest absolute Gasteiger partial charge is 0.459 e. The first kappa shape index (κ1) is 29.6. The molecule has 0 aliphatic carbocycles. The molecule has 0 saturated carbocycles. The van der Waals surface area contributed by atoms with Crippen molar-refractivity contribution in [2.24, 2.45) is 0 Å². The van der Waals surface area contributed by atoms with E-state index in [2.05, 4.69) is 15.3 Å². The van der Waals surface area contributed by atoms with Crippen molar-refractivity contribution in [3.8, 4) is 22.3 Å². The zero-order chi connectivity index (χ0) is 31.6. The van der Waals surface area contributed by atoms with Gasteiger partial charge in [0.05, 0.1) is 12.7 Å². The number of fused-ring (bicyclic) bond motifs is 1. The minimum absolute atomic E-state index is 0.00470. The van der Waals surface area contributed by atoms with Crippen LogP contribution in [0.25, 0.3) is 39.3 Å². The van der Waals surface area contributed by atoms with Crippen LogP contribution in [0.2, 0.25) is 0 Å². The number of furan rings is 1. The van der Waals surface area contributed by atoms with Gasteiger partial charge in [0, 0.05) is 66.5 Å². The predicted octanol–water partition coefficient (Wildman–Crippen LogP) is 6.48. The molecular weight excluding hydrogens is 583 g/mol. The molecule has 2 aromatic carbocycles. The van der Waals surface area contributed by atoms with Gasteiger partial charge in [0.25, 0.3) is 11.8 Å². The number of likely N-dealkylation sites (tertiary alicyclic amines) is 1. The number of alkyl halides is 2. The topological polar surface area (TPSA) is 114 Å². The van der Waals surface area contributed by atoms with Gasteiger partial charge in [0.1, 0.15) is 23.0 Å². The summed E-state index contributed by atoms with van der Waals surface area (Å²) in [7, 11) is 0. The Kier molecular flexibility index (Phi) is 8.08. The lowest BCUT2D eigenvalue weighted by atomic mass is 9.96. The minimum atomic E-state index is -2.74. The Balaban J connectivity index is 1.25.